The Labute approximate surface area is 130 Å². The third-order valence-corrected chi connectivity index (χ3v) is 4.53. The van der Waals surface area contributed by atoms with Crippen LogP contribution in [0.15, 0.2) is 12.1 Å². The summed E-state index contributed by atoms with van der Waals surface area (Å²) in [6, 6.07) is 4.11. The van der Waals surface area contributed by atoms with Gasteiger partial charge in [0.05, 0.1) is 14.2 Å². The molecule has 1 saturated carbocycles. The molecule has 0 aromatic heterocycles. The van der Waals surface area contributed by atoms with Crippen molar-refractivity contribution >= 4 is 5.97 Å². The van der Waals surface area contributed by atoms with Gasteiger partial charge in [0.25, 0.3) is 0 Å². The smallest absolute Gasteiger partial charge is 0.344 e. The first-order chi connectivity index (χ1) is 10.7. The molecule has 0 saturated heterocycles. The van der Waals surface area contributed by atoms with Gasteiger partial charge in [-0.2, -0.15) is 0 Å². The van der Waals surface area contributed by atoms with Gasteiger partial charge in [-0.25, -0.2) is 4.79 Å². The number of carbonyl (C=O) groups excluding carboxylic acids is 1. The zero-order valence-electron chi connectivity index (χ0n) is 13.2. The number of hydrogen-bond acceptors (Lipinski definition) is 5. The normalized spacial score (nSPS) is 21.9. The maximum Gasteiger partial charge on any atom is 0.344 e. The first-order valence-electron chi connectivity index (χ1n) is 7.96. The van der Waals surface area contributed by atoms with Crippen LogP contribution in [0.3, 0.4) is 0 Å². The van der Waals surface area contributed by atoms with Crippen molar-refractivity contribution < 1.29 is 19.0 Å². The SMILES string of the molecule is COc1ccc2c(c1OC)C(=O)O[C@H]2NC1CCCCCC1. The third-order valence-electron chi connectivity index (χ3n) is 4.53. The molecular weight excluding hydrogens is 282 g/mol. The Morgan fingerprint density at radius 3 is 2.45 bits per heavy atom. The molecule has 2 aliphatic rings. The molecule has 1 heterocycles. The van der Waals surface area contributed by atoms with Crippen LogP contribution in [0, 0.1) is 0 Å². The highest BCUT2D eigenvalue weighted by Crippen LogP contribution is 2.41. The zero-order chi connectivity index (χ0) is 15.5. The summed E-state index contributed by atoms with van der Waals surface area (Å²) in [7, 11) is 3.10. The van der Waals surface area contributed by atoms with Gasteiger partial charge in [0.1, 0.15) is 5.56 Å². The molecule has 5 heteroatoms. The minimum atomic E-state index is -0.384. The quantitative estimate of drug-likeness (QED) is 0.684. The molecule has 1 aliphatic carbocycles. The van der Waals surface area contributed by atoms with Crippen LogP contribution < -0.4 is 14.8 Å². The molecule has 1 atom stereocenters. The standard InChI is InChI=1S/C17H23NO4/c1-20-13-10-9-12-14(15(13)21-2)17(19)22-16(12)18-11-7-5-3-4-6-8-11/h9-11,16,18H,3-8H2,1-2H3/t16-/m1/s1. The van der Waals surface area contributed by atoms with E-state index in [0.29, 0.717) is 23.1 Å². The Bertz CT molecular complexity index is 550. The second-order valence-electron chi connectivity index (χ2n) is 5.91. The minimum Gasteiger partial charge on any atom is -0.493 e. The fourth-order valence-electron chi connectivity index (χ4n) is 3.38. The maximum atomic E-state index is 12.2. The molecule has 0 unspecified atom stereocenters. The second kappa shape index (κ2) is 6.57. The van der Waals surface area contributed by atoms with Gasteiger partial charge in [-0.3, -0.25) is 5.32 Å². The van der Waals surface area contributed by atoms with Gasteiger partial charge in [0, 0.05) is 11.6 Å². The van der Waals surface area contributed by atoms with E-state index in [2.05, 4.69) is 5.32 Å². The van der Waals surface area contributed by atoms with Crippen molar-refractivity contribution in [2.24, 2.45) is 0 Å². The number of fused-ring (bicyclic) bond motifs is 1. The van der Waals surface area contributed by atoms with E-state index < -0.39 is 0 Å². The van der Waals surface area contributed by atoms with Crippen molar-refractivity contribution in [3.63, 3.8) is 0 Å². The van der Waals surface area contributed by atoms with E-state index in [9.17, 15) is 4.79 Å². The Balaban J connectivity index is 1.84. The number of nitrogens with one attached hydrogen (secondary N) is 1. The average molecular weight is 305 g/mol. The van der Waals surface area contributed by atoms with Crippen LogP contribution in [-0.2, 0) is 4.74 Å². The summed E-state index contributed by atoms with van der Waals surface area (Å²) in [5.41, 5.74) is 1.32. The first-order valence-corrected chi connectivity index (χ1v) is 7.96. The van der Waals surface area contributed by atoms with Gasteiger partial charge in [-0.05, 0) is 25.0 Å². The number of ether oxygens (including phenoxy) is 3. The van der Waals surface area contributed by atoms with Crippen molar-refractivity contribution in [2.75, 3.05) is 14.2 Å². The lowest BCUT2D eigenvalue weighted by atomic mass is 10.0. The average Bonchev–Trinajstić information content (AvgIpc) is 2.70. The second-order valence-corrected chi connectivity index (χ2v) is 5.91. The summed E-state index contributed by atoms with van der Waals surface area (Å²) < 4.78 is 16.1. The first kappa shape index (κ1) is 15.2. The van der Waals surface area contributed by atoms with Crippen molar-refractivity contribution in [3.8, 4) is 11.5 Å². The van der Waals surface area contributed by atoms with Crippen LogP contribution in [0.5, 0.6) is 11.5 Å². The van der Waals surface area contributed by atoms with Crippen LogP contribution in [-0.4, -0.2) is 26.2 Å². The fraction of sp³-hybridized carbons (Fsp3) is 0.588. The van der Waals surface area contributed by atoms with Crippen LogP contribution >= 0.6 is 0 Å². The number of carbonyl (C=O) groups is 1. The Hall–Kier alpha value is -1.75. The van der Waals surface area contributed by atoms with Gasteiger partial charge in [0.2, 0.25) is 0 Å². The van der Waals surface area contributed by atoms with E-state index in [-0.39, 0.29) is 12.2 Å². The molecule has 0 spiro atoms. The molecule has 22 heavy (non-hydrogen) atoms. The Morgan fingerprint density at radius 1 is 1.09 bits per heavy atom. The number of rotatable bonds is 4. The summed E-state index contributed by atoms with van der Waals surface area (Å²) in [5, 5.41) is 3.49. The summed E-state index contributed by atoms with van der Waals surface area (Å²) in [5.74, 6) is 0.653. The van der Waals surface area contributed by atoms with Gasteiger partial charge in [-0.1, -0.05) is 25.7 Å². The summed E-state index contributed by atoms with van der Waals surface area (Å²) in [4.78, 5) is 12.2. The largest absolute Gasteiger partial charge is 0.493 e. The molecule has 120 valence electrons. The maximum absolute atomic E-state index is 12.2. The lowest BCUT2D eigenvalue weighted by Gasteiger charge is -2.21. The number of cyclic esters (lactones) is 1. The molecule has 1 N–H and O–H groups in total. The van der Waals surface area contributed by atoms with Gasteiger partial charge in [-0.15, -0.1) is 0 Å². The molecule has 1 aromatic rings. The molecule has 0 amide bonds. The minimum absolute atomic E-state index is 0.350. The highest BCUT2D eigenvalue weighted by Gasteiger charge is 2.36. The van der Waals surface area contributed by atoms with Crippen LogP contribution in [0.25, 0.3) is 0 Å². The van der Waals surface area contributed by atoms with Gasteiger partial charge >= 0.3 is 5.97 Å². The topological polar surface area (TPSA) is 56.8 Å². The van der Waals surface area contributed by atoms with Gasteiger partial charge < -0.3 is 14.2 Å². The molecule has 0 radical (unpaired) electrons. The lowest BCUT2D eigenvalue weighted by Crippen LogP contribution is -2.32. The molecular formula is C17H23NO4. The summed E-state index contributed by atoms with van der Waals surface area (Å²) >= 11 is 0. The zero-order valence-corrected chi connectivity index (χ0v) is 13.2. The van der Waals surface area contributed by atoms with Crippen LogP contribution in [0.4, 0.5) is 0 Å². The molecule has 0 bridgehead atoms. The van der Waals surface area contributed by atoms with Crippen molar-refractivity contribution in [3.05, 3.63) is 23.3 Å². The van der Waals surface area contributed by atoms with Crippen molar-refractivity contribution in [2.45, 2.75) is 50.8 Å². The Kier molecular flexibility index (Phi) is 4.52. The van der Waals surface area contributed by atoms with Crippen LogP contribution in [0.1, 0.15) is 60.7 Å². The fourth-order valence-corrected chi connectivity index (χ4v) is 3.38. The third kappa shape index (κ3) is 2.77. The predicted molar refractivity (Wildman–Crippen MR) is 82.3 cm³/mol. The van der Waals surface area contributed by atoms with E-state index in [1.54, 1.807) is 7.11 Å². The number of benzene rings is 1. The number of hydrogen-bond donors (Lipinski definition) is 1. The van der Waals surface area contributed by atoms with E-state index in [1.165, 1.54) is 32.8 Å². The van der Waals surface area contributed by atoms with Crippen molar-refractivity contribution in [1.29, 1.82) is 0 Å². The molecule has 3 rings (SSSR count). The molecule has 1 fully saturated rings. The van der Waals surface area contributed by atoms with Crippen LogP contribution in [0.2, 0.25) is 0 Å². The summed E-state index contributed by atoms with van der Waals surface area (Å²) in [6.45, 7) is 0. The molecule has 1 aliphatic heterocycles. The number of esters is 1. The monoisotopic (exact) mass is 305 g/mol. The lowest BCUT2D eigenvalue weighted by molar-refractivity contribution is 0.0269. The van der Waals surface area contributed by atoms with E-state index in [0.717, 1.165) is 18.4 Å². The highest BCUT2D eigenvalue weighted by molar-refractivity contribution is 5.98. The molecule has 1 aromatic carbocycles. The highest BCUT2D eigenvalue weighted by atomic mass is 16.6. The van der Waals surface area contributed by atoms with E-state index in [1.807, 2.05) is 12.1 Å². The number of methoxy groups -OCH3 is 2. The summed E-state index contributed by atoms with van der Waals surface area (Å²) in [6.07, 6.45) is 6.95. The van der Waals surface area contributed by atoms with Gasteiger partial charge in [0.15, 0.2) is 17.7 Å². The van der Waals surface area contributed by atoms with E-state index in [4.69, 9.17) is 14.2 Å². The van der Waals surface area contributed by atoms with E-state index >= 15 is 0 Å². The predicted octanol–water partition coefficient (Wildman–Crippen LogP) is 3.19. The molecule has 5 nitrogen and oxygen atoms in total. The van der Waals surface area contributed by atoms with Crippen molar-refractivity contribution in [1.82, 2.24) is 5.32 Å². The Morgan fingerprint density at radius 2 is 1.82 bits per heavy atom.